The Hall–Kier alpha value is -1.38. The minimum atomic E-state index is 0.0819. The van der Waals surface area contributed by atoms with Crippen LogP contribution in [0.2, 0.25) is 0 Å². The molecule has 1 N–H and O–H groups in total. The fraction of sp³-hybridized carbons (Fsp3) is 0.667. The minimum Gasteiger partial charge on any atom is -0.311 e. The maximum Gasteiger partial charge on any atom is 0.225 e. The molecule has 3 nitrogen and oxygen atoms in total. The predicted molar refractivity (Wildman–Crippen MR) is 89.6 cm³/mol. The Labute approximate surface area is 129 Å². The quantitative estimate of drug-likeness (QED) is 0.604. The highest BCUT2D eigenvalue weighted by molar-refractivity contribution is 5.89. The zero-order chi connectivity index (χ0) is 15.5. The summed E-state index contributed by atoms with van der Waals surface area (Å²) in [5.41, 5.74) is 2.07. The van der Waals surface area contributed by atoms with Crippen LogP contribution in [0.3, 0.4) is 0 Å². The van der Waals surface area contributed by atoms with E-state index in [0.717, 1.165) is 24.1 Å². The molecule has 1 rings (SSSR count). The Morgan fingerprint density at radius 1 is 1.00 bits per heavy atom. The van der Waals surface area contributed by atoms with Crippen molar-refractivity contribution in [2.75, 3.05) is 5.32 Å². The highest BCUT2D eigenvalue weighted by Gasteiger charge is 2.04. The molecule has 0 unspecified atom stereocenters. The third-order valence-electron chi connectivity index (χ3n) is 3.62. The number of anilines is 1. The molecular formula is C18H30N2O. The van der Waals surface area contributed by atoms with Gasteiger partial charge < -0.3 is 5.32 Å². The van der Waals surface area contributed by atoms with Crippen molar-refractivity contribution in [1.29, 1.82) is 0 Å². The van der Waals surface area contributed by atoms with Crippen molar-refractivity contribution >= 4 is 11.7 Å². The van der Waals surface area contributed by atoms with Crippen molar-refractivity contribution in [2.45, 2.75) is 78.6 Å². The number of unbranched alkanes of at least 4 members (excludes halogenated alkanes) is 7. The fourth-order valence-electron chi connectivity index (χ4n) is 2.53. The van der Waals surface area contributed by atoms with Crippen molar-refractivity contribution in [1.82, 2.24) is 4.98 Å². The zero-order valence-electron chi connectivity index (χ0n) is 13.9. The molecule has 0 radical (unpaired) electrons. The van der Waals surface area contributed by atoms with E-state index in [9.17, 15) is 4.79 Å². The number of hydrogen-bond acceptors (Lipinski definition) is 2. The Morgan fingerprint density at radius 3 is 2.24 bits per heavy atom. The number of aromatic nitrogens is 1. The second-order valence-corrected chi connectivity index (χ2v) is 5.94. The van der Waals surface area contributed by atoms with Gasteiger partial charge in [0.15, 0.2) is 0 Å². The lowest BCUT2D eigenvalue weighted by molar-refractivity contribution is -0.116. The third-order valence-corrected chi connectivity index (χ3v) is 3.62. The van der Waals surface area contributed by atoms with E-state index < -0.39 is 0 Å². The number of aryl methyl sites for hydroxylation is 2. The van der Waals surface area contributed by atoms with Gasteiger partial charge in [-0.25, -0.2) is 4.98 Å². The molecule has 21 heavy (non-hydrogen) atoms. The van der Waals surface area contributed by atoms with Crippen molar-refractivity contribution in [3.8, 4) is 0 Å². The number of carbonyl (C=O) groups excluding carboxylic acids is 1. The minimum absolute atomic E-state index is 0.0819. The zero-order valence-corrected chi connectivity index (χ0v) is 13.9. The van der Waals surface area contributed by atoms with Crippen LogP contribution >= 0.6 is 0 Å². The van der Waals surface area contributed by atoms with Crippen LogP contribution in [0.1, 0.15) is 76.0 Å². The van der Waals surface area contributed by atoms with Gasteiger partial charge in [-0.1, -0.05) is 51.9 Å². The molecule has 1 aromatic heterocycles. The summed E-state index contributed by atoms with van der Waals surface area (Å²) in [6.45, 7) is 6.20. The molecule has 0 aromatic carbocycles. The Balaban J connectivity index is 2.11. The molecule has 118 valence electrons. The highest BCUT2D eigenvalue weighted by atomic mass is 16.1. The van der Waals surface area contributed by atoms with Gasteiger partial charge in [-0.3, -0.25) is 4.79 Å². The molecule has 1 amide bonds. The Morgan fingerprint density at radius 2 is 1.62 bits per heavy atom. The van der Waals surface area contributed by atoms with Crippen LogP contribution in [-0.2, 0) is 4.79 Å². The van der Waals surface area contributed by atoms with Crippen LogP contribution in [0, 0.1) is 13.8 Å². The summed E-state index contributed by atoms with van der Waals surface area (Å²) in [6.07, 6.45) is 10.6. The average Bonchev–Trinajstić information content (AvgIpc) is 2.40. The van der Waals surface area contributed by atoms with Gasteiger partial charge >= 0.3 is 0 Å². The standard InChI is InChI=1S/C18H30N2O/c1-4-5-6-7-8-9-10-11-12-18(21)20-17-14-15(2)13-16(3)19-17/h13-14H,4-12H2,1-3H3,(H,19,20,21). The van der Waals surface area contributed by atoms with E-state index in [4.69, 9.17) is 0 Å². The lowest BCUT2D eigenvalue weighted by Gasteiger charge is -2.06. The van der Waals surface area contributed by atoms with Crippen molar-refractivity contribution in [3.05, 3.63) is 23.4 Å². The topological polar surface area (TPSA) is 42.0 Å². The predicted octanol–water partition coefficient (Wildman–Crippen LogP) is 5.17. The number of nitrogens with one attached hydrogen (secondary N) is 1. The molecule has 3 heteroatoms. The van der Waals surface area contributed by atoms with Crippen LogP contribution in [0.5, 0.6) is 0 Å². The molecule has 0 saturated heterocycles. The summed E-state index contributed by atoms with van der Waals surface area (Å²) >= 11 is 0. The normalized spacial score (nSPS) is 10.6. The second-order valence-electron chi connectivity index (χ2n) is 5.94. The van der Waals surface area contributed by atoms with E-state index in [2.05, 4.69) is 17.2 Å². The van der Waals surface area contributed by atoms with Gasteiger partial charge in [-0.15, -0.1) is 0 Å². The Kier molecular flexibility index (Phi) is 8.72. The van der Waals surface area contributed by atoms with Crippen LogP contribution in [-0.4, -0.2) is 10.9 Å². The number of rotatable bonds is 10. The van der Waals surface area contributed by atoms with Crippen LogP contribution in [0.4, 0.5) is 5.82 Å². The van der Waals surface area contributed by atoms with Gasteiger partial charge in [0.25, 0.3) is 0 Å². The first-order chi connectivity index (χ1) is 10.1. The lowest BCUT2D eigenvalue weighted by Crippen LogP contribution is -2.12. The van der Waals surface area contributed by atoms with Gasteiger partial charge in [-0.05, 0) is 38.0 Å². The van der Waals surface area contributed by atoms with E-state index in [1.165, 1.54) is 38.5 Å². The average molecular weight is 290 g/mol. The summed E-state index contributed by atoms with van der Waals surface area (Å²) in [6, 6.07) is 3.92. The first-order valence-corrected chi connectivity index (χ1v) is 8.37. The number of hydrogen-bond donors (Lipinski definition) is 1. The summed E-state index contributed by atoms with van der Waals surface area (Å²) < 4.78 is 0. The maximum atomic E-state index is 11.9. The summed E-state index contributed by atoms with van der Waals surface area (Å²) in [7, 11) is 0. The van der Waals surface area contributed by atoms with Gasteiger partial charge in [0.2, 0.25) is 5.91 Å². The number of pyridine rings is 1. The maximum absolute atomic E-state index is 11.9. The van der Waals surface area contributed by atoms with Crippen LogP contribution < -0.4 is 5.32 Å². The Bertz CT molecular complexity index is 409. The summed E-state index contributed by atoms with van der Waals surface area (Å²) in [5.74, 6) is 0.760. The van der Waals surface area contributed by atoms with Gasteiger partial charge in [0.05, 0.1) is 0 Å². The molecule has 1 aromatic rings. The largest absolute Gasteiger partial charge is 0.311 e. The molecule has 0 aliphatic carbocycles. The molecule has 1 heterocycles. The summed E-state index contributed by atoms with van der Waals surface area (Å²) in [4.78, 5) is 16.2. The SMILES string of the molecule is CCCCCCCCCCC(=O)Nc1cc(C)cc(C)n1. The van der Waals surface area contributed by atoms with E-state index in [1.807, 2.05) is 26.0 Å². The number of carbonyl (C=O) groups is 1. The smallest absolute Gasteiger partial charge is 0.225 e. The highest BCUT2D eigenvalue weighted by Crippen LogP contribution is 2.12. The van der Waals surface area contributed by atoms with Gasteiger partial charge in [0.1, 0.15) is 5.82 Å². The number of nitrogens with zero attached hydrogens (tertiary/aromatic N) is 1. The molecule has 0 fully saturated rings. The lowest BCUT2D eigenvalue weighted by atomic mass is 10.1. The molecule has 0 spiro atoms. The number of amides is 1. The molecule has 0 saturated carbocycles. The van der Waals surface area contributed by atoms with Crippen LogP contribution in [0.25, 0.3) is 0 Å². The second kappa shape index (κ2) is 10.4. The first-order valence-electron chi connectivity index (χ1n) is 8.37. The summed E-state index contributed by atoms with van der Waals surface area (Å²) in [5, 5.41) is 2.89. The van der Waals surface area contributed by atoms with Crippen LogP contribution in [0.15, 0.2) is 12.1 Å². The molecule has 0 aliphatic heterocycles. The molecule has 0 aliphatic rings. The van der Waals surface area contributed by atoms with Gasteiger partial charge in [0, 0.05) is 12.1 Å². The molecule has 0 bridgehead atoms. The van der Waals surface area contributed by atoms with E-state index in [0.29, 0.717) is 12.2 Å². The van der Waals surface area contributed by atoms with E-state index >= 15 is 0 Å². The monoisotopic (exact) mass is 290 g/mol. The van der Waals surface area contributed by atoms with Crippen molar-refractivity contribution in [3.63, 3.8) is 0 Å². The first kappa shape index (κ1) is 17.7. The third kappa shape index (κ3) is 8.49. The van der Waals surface area contributed by atoms with E-state index in [1.54, 1.807) is 0 Å². The van der Waals surface area contributed by atoms with E-state index in [-0.39, 0.29) is 5.91 Å². The molecular weight excluding hydrogens is 260 g/mol. The molecule has 0 atom stereocenters. The fourth-order valence-corrected chi connectivity index (χ4v) is 2.53. The van der Waals surface area contributed by atoms with Crippen molar-refractivity contribution in [2.24, 2.45) is 0 Å². The van der Waals surface area contributed by atoms with Crippen molar-refractivity contribution < 1.29 is 4.79 Å². The van der Waals surface area contributed by atoms with Gasteiger partial charge in [-0.2, -0.15) is 0 Å².